The van der Waals surface area contributed by atoms with Crippen molar-refractivity contribution in [2.75, 3.05) is 18.1 Å². The molecule has 0 bridgehead atoms. The molecule has 0 amide bonds. The van der Waals surface area contributed by atoms with Gasteiger partial charge in [-0.1, -0.05) is 12.1 Å². The molecule has 1 heterocycles. The highest BCUT2D eigenvalue weighted by atomic mass is 32.2. The van der Waals surface area contributed by atoms with Crippen molar-refractivity contribution in [1.82, 2.24) is 0 Å². The van der Waals surface area contributed by atoms with Gasteiger partial charge in [-0.2, -0.15) is 11.8 Å². The van der Waals surface area contributed by atoms with E-state index in [1.165, 1.54) is 18.2 Å². The van der Waals surface area contributed by atoms with Gasteiger partial charge in [0, 0.05) is 11.5 Å². The van der Waals surface area contributed by atoms with Crippen LogP contribution in [-0.2, 0) is 4.74 Å². The molecular weight excluding hydrogens is 279 g/mol. The van der Waals surface area contributed by atoms with E-state index in [9.17, 15) is 13.2 Å². The number of alkyl halides is 3. The predicted molar refractivity (Wildman–Crippen MR) is 67.1 cm³/mol. The van der Waals surface area contributed by atoms with Crippen LogP contribution in [0.3, 0.4) is 0 Å². The number of halogens is 3. The molecule has 1 aromatic carbocycles. The number of hydrogen-bond donors (Lipinski definition) is 1. The van der Waals surface area contributed by atoms with Gasteiger partial charge < -0.3 is 15.2 Å². The van der Waals surface area contributed by atoms with Crippen LogP contribution in [0.1, 0.15) is 11.6 Å². The molecule has 2 unspecified atom stereocenters. The summed E-state index contributed by atoms with van der Waals surface area (Å²) in [6.07, 6.45) is -4.88. The third kappa shape index (κ3) is 4.29. The second-order valence-corrected chi connectivity index (χ2v) is 5.28. The van der Waals surface area contributed by atoms with Crippen molar-refractivity contribution in [3.05, 3.63) is 29.8 Å². The summed E-state index contributed by atoms with van der Waals surface area (Å²) in [6.45, 7) is 0.613. The summed E-state index contributed by atoms with van der Waals surface area (Å²) in [7, 11) is 0. The minimum absolute atomic E-state index is 0.181. The average Bonchev–Trinajstić information content (AvgIpc) is 2.37. The van der Waals surface area contributed by atoms with Crippen LogP contribution in [0.2, 0.25) is 0 Å². The maximum Gasteiger partial charge on any atom is 0.573 e. The molecule has 1 aliphatic heterocycles. The normalized spacial score (nSPS) is 22.0. The zero-order chi connectivity index (χ0) is 13.9. The van der Waals surface area contributed by atoms with Crippen molar-refractivity contribution in [2.45, 2.75) is 18.5 Å². The molecule has 1 saturated heterocycles. The minimum atomic E-state index is -4.69. The highest BCUT2D eigenvalue weighted by Gasteiger charge is 2.31. The van der Waals surface area contributed by atoms with Gasteiger partial charge in [-0.05, 0) is 17.7 Å². The maximum atomic E-state index is 12.1. The summed E-state index contributed by atoms with van der Waals surface area (Å²) in [6, 6.07) is 5.27. The van der Waals surface area contributed by atoms with E-state index in [4.69, 9.17) is 10.5 Å². The van der Waals surface area contributed by atoms with Crippen LogP contribution in [0.4, 0.5) is 13.2 Å². The first-order chi connectivity index (χ1) is 8.96. The molecule has 0 aromatic heterocycles. The first kappa shape index (κ1) is 14.5. The summed E-state index contributed by atoms with van der Waals surface area (Å²) in [4.78, 5) is 0. The fourth-order valence-electron chi connectivity index (χ4n) is 1.85. The van der Waals surface area contributed by atoms with Gasteiger partial charge in [0.1, 0.15) is 5.75 Å². The van der Waals surface area contributed by atoms with Crippen LogP contribution in [-0.4, -0.2) is 30.6 Å². The monoisotopic (exact) mass is 293 g/mol. The molecule has 2 atom stereocenters. The Morgan fingerprint density at radius 2 is 2.21 bits per heavy atom. The summed E-state index contributed by atoms with van der Waals surface area (Å²) in [5.74, 6) is 1.40. The van der Waals surface area contributed by atoms with Gasteiger partial charge in [0.15, 0.2) is 0 Å². The smallest absolute Gasteiger partial charge is 0.406 e. The van der Waals surface area contributed by atoms with E-state index in [1.807, 2.05) is 0 Å². The first-order valence-electron chi connectivity index (χ1n) is 5.76. The van der Waals surface area contributed by atoms with Gasteiger partial charge in [0.05, 0.1) is 18.8 Å². The number of thioether (sulfide) groups is 1. The van der Waals surface area contributed by atoms with Crippen molar-refractivity contribution < 1.29 is 22.6 Å². The third-order valence-corrected chi connectivity index (χ3v) is 3.74. The van der Waals surface area contributed by atoms with Gasteiger partial charge in [-0.3, -0.25) is 0 Å². The van der Waals surface area contributed by atoms with Crippen LogP contribution in [0.5, 0.6) is 5.75 Å². The lowest BCUT2D eigenvalue weighted by Crippen LogP contribution is -2.34. The molecule has 2 rings (SSSR count). The molecule has 0 spiro atoms. The van der Waals surface area contributed by atoms with E-state index in [0.717, 1.165) is 11.5 Å². The third-order valence-electron chi connectivity index (χ3n) is 2.72. The summed E-state index contributed by atoms with van der Waals surface area (Å²) in [5, 5.41) is 0. The minimum Gasteiger partial charge on any atom is -0.406 e. The lowest BCUT2D eigenvalue weighted by Gasteiger charge is -2.28. The number of hydrogen-bond acceptors (Lipinski definition) is 4. The van der Waals surface area contributed by atoms with Gasteiger partial charge >= 0.3 is 6.36 Å². The Morgan fingerprint density at radius 3 is 2.84 bits per heavy atom. The quantitative estimate of drug-likeness (QED) is 0.930. The summed E-state index contributed by atoms with van der Waals surface area (Å²) in [5.41, 5.74) is 6.61. The lowest BCUT2D eigenvalue weighted by molar-refractivity contribution is -0.274. The highest BCUT2D eigenvalue weighted by molar-refractivity contribution is 7.99. The molecule has 0 saturated carbocycles. The van der Waals surface area contributed by atoms with E-state index in [2.05, 4.69) is 4.74 Å². The van der Waals surface area contributed by atoms with Crippen molar-refractivity contribution in [3.8, 4) is 5.75 Å². The Balaban J connectivity index is 2.09. The second-order valence-electron chi connectivity index (χ2n) is 4.13. The molecule has 0 radical (unpaired) electrons. The van der Waals surface area contributed by atoms with Crippen molar-refractivity contribution in [1.29, 1.82) is 0 Å². The van der Waals surface area contributed by atoms with Crippen LogP contribution in [0.15, 0.2) is 24.3 Å². The van der Waals surface area contributed by atoms with E-state index >= 15 is 0 Å². The largest absolute Gasteiger partial charge is 0.573 e. The predicted octanol–water partition coefficient (Wildman–Crippen LogP) is 2.72. The molecule has 19 heavy (non-hydrogen) atoms. The Bertz CT molecular complexity index is 422. The van der Waals surface area contributed by atoms with Crippen LogP contribution >= 0.6 is 11.8 Å². The van der Waals surface area contributed by atoms with Crippen LogP contribution in [0.25, 0.3) is 0 Å². The van der Waals surface area contributed by atoms with Gasteiger partial charge in [-0.25, -0.2) is 0 Å². The molecule has 0 aliphatic carbocycles. The highest BCUT2D eigenvalue weighted by Crippen LogP contribution is 2.28. The van der Waals surface area contributed by atoms with E-state index in [-0.39, 0.29) is 11.9 Å². The maximum absolute atomic E-state index is 12.1. The topological polar surface area (TPSA) is 44.5 Å². The molecule has 2 N–H and O–H groups in total. The van der Waals surface area contributed by atoms with Crippen LogP contribution in [0, 0.1) is 0 Å². The lowest BCUT2D eigenvalue weighted by atomic mass is 10.0. The summed E-state index contributed by atoms with van der Waals surface area (Å²) < 4.78 is 45.8. The average molecular weight is 293 g/mol. The van der Waals surface area contributed by atoms with Gasteiger partial charge in [0.2, 0.25) is 0 Å². The van der Waals surface area contributed by atoms with Crippen LogP contribution < -0.4 is 10.5 Å². The molecule has 1 fully saturated rings. The molecule has 106 valence electrons. The molecule has 3 nitrogen and oxygen atoms in total. The van der Waals surface area contributed by atoms with Gasteiger partial charge in [0.25, 0.3) is 0 Å². The van der Waals surface area contributed by atoms with Crippen molar-refractivity contribution >= 4 is 11.8 Å². The van der Waals surface area contributed by atoms with Crippen molar-refractivity contribution in [3.63, 3.8) is 0 Å². The SMILES string of the molecule is NC(c1cccc(OC(F)(F)F)c1)C1CSCCO1. The Hall–Kier alpha value is -0.920. The fourth-order valence-corrected chi connectivity index (χ4v) is 2.76. The molecule has 1 aromatic rings. The number of ether oxygens (including phenoxy) is 2. The van der Waals surface area contributed by atoms with Crippen molar-refractivity contribution in [2.24, 2.45) is 5.73 Å². The Morgan fingerprint density at radius 1 is 1.42 bits per heavy atom. The Kier molecular flexibility index (Phi) is 4.59. The second kappa shape index (κ2) is 6.02. The van der Waals surface area contributed by atoms with Gasteiger partial charge in [-0.15, -0.1) is 13.2 Å². The number of nitrogens with two attached hydrogens (primary N) is 1. The summed E-state index contributed by atoms with van der Waals surface area (Å²) >= 11 is 1.72. The first-order valence-corrected chi connectivity index (χ1v) is 6.92. The van der Waals surface area contributed by atoms with E-state index in [0.29, 0.717) is 12.2 Å². The van der Waals surface area contributed by atoms with E-state index in [1.54, 1.807) is 17.8 Å². The fraction of sp³-hybridized carbons (Fsp3) is 0.500. The molecule has 7 heteroatoms. The Labute approximate surface area is 113 Å². The molecule has 1 aliphatic rings. The number of rotatable bonds is 3. The number of benzene rings is 1. The zero-order valence-corrected chi connectivity index (χ0v) is 10.8. The standard InChI is InChI=1S/C12H14F3NO2S/c13-12(14,15)18-9-3-1-2-8(6-9)11(16)10-7-19-5-4-17-10/h1-3,6,10-11H,4-5,7,16H2. The zero-order valence-electron chi connectivity index (χ0n) is 10.0. The van der Waals surface area contributed by atoms with E-state index < -0.39 is 12.4 Å². The molecular formula is C12H14F3NO2S.